The number of aliphatic hydroxyl groups excluding tert-OH is 1. The Morgan fingerprint density at radius 2 is 1.87 bits per heavy atom. The van der Waals surface area contributed by atoms with Crippen molar-refractivity contribution >= 4 is 0 Å². The molecule has 6 atom stereocenters. The zero-order chi connectivity index (χ0) is 17.7. The van der Waals surface area contributed by atoms with Gasteiger partial charge in [0.25, 0.3) is 0 Å². The Morgan fingerprint density at radius 1 is 1.22 bits per heavy atom. The number of hydrogen-bond acceptors (Lipinski definition) is 7. The van der Waals surface area contributed by atoms with Crippen molar-refractivity contribution in [2.45, 2.75) is 70.6 Å². The summed E-state index contributed by atoms with van der Waals surface area (Å²) in [4.78, 5) is 0. The van der Waals surface area contributed by atoms with Gasteiger partial charge in [0, 0.05) is 26.7 Å². The summed E-state index contributed by atoms with van der Waals surface area (Å²) < 4.78 is 27.8. The number of rotatable bonds is 9. The number of ether oxygens (including phenoxy) is 5. The molecule has 23 heavy (non-hydrogen) atoms. The Hall–Kier alpha value is -0.280. The highest BCUT2D eigenvalue weighted by atomic mass is 16.8. The van der Waals surface area contributed by atoms with Crippen LogP contribution in [0, 0.1) is 5.92 Å². The van der Waals surface area contributed by atoms with E-state index in [0.29, 0.717) is 6.61 Å². The highest BCUT2D eigenvalue weighted by Crippen LogP contribution is 2.34. The molecule has 1 rings (SSSR count). The van der Waals surface area contributed by atoms with Crippen LogP contribution < -0.4 is 0 Å². The predicted molar refractivity (Wildman–Crippen MR) is 83.7 cm³/mol. The Morgan fingerprint density at radius 3 is 2.39 bits per heavy atom. The van der Waals surface area contributed by atoms with Crippen molar-refractivity contribution in [3.63, 3.8) is 0 Å². The summed E-state index contributed by atoms with van der Waals surface area (Å²) in [5, 5.41) is 20.5. The van der Waals surface area contributed by atoms with Crippen molar-refractivity contribution in [2.75, 3.05) is 27.4 Å². The van der Waals surface area contributed by atoms with Crippen molar-refractivity contribution in [3.8, 4) is 0 Å². The van der Waals surface area contributed by atoms with Gasteiger partial charge in [-0.1, -0.05) is 20.3 Å². The van der Waals surface area contributed by atoms with Gasteiger partial charge in [-0.15, -0.1) is 0 Å². The Balaban J connectivity index is 2.91. The zero-order valence-corrected chi connectivity index (χ0v) is 15.1. The lowest BCUT2D eigenvalue weighted by Gasteiger charge is -2.46. The van der Waals surface area contributed by atoms with E-state index in [1.165, 1.54) is 21.1 Å². The van der Waals surface area contributed by atoms with E-state index in [0.717, 1.165) is 12.8 Å². The first-order valence-electron chi connectivity index (χ1n) is 8.14. The molecule has 0 aromatic rings. The largest absolute Gasteiger partial charge is 0.390 e. The van der Waals surface area contributed by atoms with E-state index in [1.807, 2.05) is 6.92 Å². The number of methoxy groups -OCH3 is 2. The average Bonchev–Trinajstić information content (AvgIpc) is 2.53. The maximum atomic E-state index is 10.4. The molecule has 0 radical (unpaired) electrons. The van der Waals surface area contributed by atoms with Crippen LogP contribution in [-0.2, 0) is 23.7 Å². The third-order valence-electron chi connectivity index (χ3n) is 4.60. The topological polar surface area (TPSA) is 86.6 Å². The molecule has 1 aliphatic heterocycles. The molecule has 1 heterocycles. The summed E-state index contributed by atoms with van der Waals surface area (Å²) in [5.74, 6) is -3.39. The van der Waals surface area contributed by atoms with Gasteiger partial charge in [-0.3, -0.25) is 0 Å². The lowest BCUT2D eigenvalue weighted by molar-refractivity contribution is -0.408. The molecule has 7 nitrogen and oxygen atoms in total. The molecule has 0 spiro atoms. The van der Waals surface area contributed by atoms with Gasteiger partial charge in [0.1, 0.15) is 6.10 Å². The monoisotopic (exact) mass is 336 g/mol. The van der Waals surface area contributed by atoms with Crippen molar-refractivity contribution in [1.29, 1.82) is 0 Å². The van der Waals surface area contributed by atoms with E-state index >= 15 is 0 Å². The summed E-state index contributed by atoms with van der Waals surface area (Å²) in [6.07, 6.45) is -0.0188. The van der Waals surface area contributed by atoms with Gasteiger partial charge in [-0.25, -0.2) is 0 Å². The fourth-order valence-corrected chi connectivity index (χ4v) is 2.35. The minimum atomic E-state index is -1.68. The van der Waals surface area contributed by atoms with Crippen molar-refractivity contribution in [1.82, 2.24) is 0 Å². The number of aliphatic hydroxyl groups is 2. The van der Waals surface area contributed by atoms with E-state index in [1.54, 1.807) is 6.92 Å². The first kappa shape index (κ1) is 20.8. The Bertz CT molecular complexity index is 349. The number of unbranched alkanes of at least 4 members (excludes halogenated alkanes) is 1. The third kappa shape index (κ3) is 4.85. The van der Waals surface area contributed by atoms with Crippen LogP contribution >= 0.6 is 0 Å². The molecular formula is C16H32O7. The molecule has 7 heteroatoms. The van der Waals surface area contributed by atoms with Crippen LogP contribution in [0.2, 0.25) is 0 Å². The van der Waals surface area contributed by atoms with Gasteiger partial charge in [-0.05, 0) is 20.3 Å². The van der Waals surface area contributed by atoms with Crippen molar-refractivity contribution in [2.24, 2.45) is 5.92 Å². The van der Waals surface area contributed by atoms with Crippen LogP contribution in [0.4, 0.5) is 0 Å². The fourth-order valence-electron chi connectivity index (χ4n) is 2.35. The standard InChI is InChI=1S/C16H32O7/c1-7-8-9-21-14-13(11(2)12(17)10-22-14)23-16(4,20-6)15(3,18)19-5/h11-14,17-18H,7-10H2,1-6H3/t11-,12-,13+,14-,15-,16+/m1/s1. The summed E-state index contributed by atoms with van der Waals surface area (Å²) in [6.45, 7) is 7.67. The molecule has 1 fully saturated rings. The number of hydrogen-bond donors (Lipinski definition) is 2. The van der Waals surface area contributed by atoms with Crippen molar-refractivity contribution < 1.29 is 33.9 Å². The van der Waals surface area contributed by atoms with Gasteiger partial charge >= 0.3 is 0 Å². The van der Waals surface area contributed by atoms with Crippen LogP contribution in [0.25, 0.3) is 0 Å². The average molecular weight is 336 g/mol. The molecule has 2 N–H and O–H groups in total. The van der Waals surface area contributed by atoms with E-state index in [2.05, 4.69) is 6.92 Å². The molecule has 0 unspecified atom stereocenters. The minimum Gasteiger partial charge on any atom is -0.390 e. The van der Waals surface area contributed by atoms with E-state index in [9.17, 15) is 10.2 Å². The molecule has 0 aliphatic carbocycles. The summed E-state index contributed by atoms with van der Waals surface area (Å²) in [6, 6.07) is 0. The molecule has 1 saturated heterocycles. The zero-order valence-electron chi connectivity index (χ0n) is 15.1. The smallest absolute Gasteiger partial charge is 0.220 e. The molecular weight excluding hydrogens is 304 g/mol. The Kier molecular flexibility index (Phi) is 7.86. The van der Waals surface area contributed by atoms with E-state index < -0.39 is 30.1 Å². The van der Waals surface area contributed by atoms with Gasteiger partial charge in [0.05, 0.1) is 12.7 Å². The SMILES string of the molecule is CCCCO[C@@H]1OC[C@@H](O)[C@@H](C)[C@@H]1O[C@](C)(OC)[C@](C)(O)OC. The normalized spacial score (nSPS) is 33.9. The van der Waals surface area contributed by atoms with Gasteiger partial charge in [-0.2, -0.15) is 0 Å². The van der Waals surface area contributed by atoms with Gasteiger partial charge in [0.2, 0.25) is 11.6 Å². The molecule has 0 bridgehead atoms. The molecule has 1 aliphatic rings. The summed E-state index contributed by atoms with van der Waals surface area (Å²) in [5.41, 5.74) is 0. The highest BCUT2D eigenvalue weighted by Gasteiger charge is 2.51. The summed E-state index contributed by atoms with van der Waals surface area (Å²) in [7, 11) is 2.79. The highest BCUT2D eigenvalue weighted by molar-refractivity contribution is 4.87. The maximum Gasteiger partial charge on any atom is 0.220 e. The second-order valence-electron chi connectivity index (χ2n) is 6.27. The first-order valence-corrected chi connectivity index (χ1v) is 8.14. The molecule has 0 amide bonds. The minimum absolute atomic E-state index is 0.183. The van der Waals surface area contributed by atoms with Crippen LogP contribution in [0.1, 0.15) is 40.5 Å². The van der Waals surface area contributed by atoms with E-state index in [4.69, 9.17) is 23.7 Å². The van der Waals surface area contributed by atoms with Crippen LogP contribution in [-0.4, -0.2) is 67.7 Å². The molecule has 138 valence electrons. The maximum absolute atomic E-state index is 10.4. The molecule has 0 aromatic heterocycles. The van der Waals surface area contributed by atoms with Gasteiger partial charge in [0.15, 0.2) is 6.29 Å². The fraction of sp³-hybridized carbons (Fsp3) is 1.00. The second-order valence-corrected chi connectivity index (χ2v) is 6.27. The van der Waals surface area contributed by atoms with Crippen LogP contribution in [0.15, 0.2) is 0 Å². The Labute approximate surface area is 138 Å². The van der Waals surface area contributed by atoms with Crippen LogP contribution in [0.5, 0.6) is 0 Å². The lowest BCUT2D eigenvalue weighted by atomic mass is 9.94. The summed E-state index contributed by atoms with van der Waals surface area (Å²) >= 11 is 0. The lowest BCUT2D eigenvalue weighted by Crippen LogP contribution is -2.61. The van der Waals surface area contributed by atoms with Gasteiger partial charge < -0.3 is 33.9 Å². The quantitative estimate of drug-likeness (QED) is 0.484. The van der Waals surface area contributed by atoms with Crippen molar-refractivity contribution in [3.05, 3.63) is 0 Å². The first-order chi connectivity index (χ1) is 10.7. The molecule has 0 aromatic carbocycles. The predicted octanol–water partition coefficient (Wildman–Crippen LogP) is 1.26. The van der Waals surface area contributed by atoms with Crippen LogP contribution in [0.3, 0.4) is 0 Å². The second kappa shape index (κ2) is 8.71. The molecule has 0 saturated carbocycles. The third-order valence-corrected chi connectivity index (χ3v) is 4.60. The van der Waals surface area contributed by atoms with E-state index in [-0.39, 0.29) is 12.5 Å².